The van der Waals surface area contributed by atoms with Crippen molar-refractivity contribution in [1.82, 2.24) is 8.13 Å². The summed E-state index contributed by atoms with van der Waals surface area (Å²) in [7, 11) is 0. The van der Waals surface area contributed by atoms with Gasteiger partial charge >= 0.3 is 11.3 Å². The molecule has 0 N–H and O–H groups in total. The number of alkyl halides is 10. The highest BCUT2D eigenvalue weighted by Gasteiger charge is 2.53. The quantitative estimate of drug-likeness (QED) is 0.0575. The summed E-state index contributed by atoms with van der Waals surface area (Å²) in [5, 5.41) is -2.81. The van der Waals surface area contributed by atoms with Gasteiger partial charge in [0, 0.05) is 29.5 Å². The molecular formula is C9H9Cl2F9N2S6. The minimum absolute atomic E-state index is 0.0287. The SMILES string of the molecule is FCCSN(C(=S)N(Cl)SC(F)F)C(SCF)C(Cl)(SC(F)F)SC(F)(F)F. The summed E-state index contributed by atoms with van der Waals surface area (Å²) in [5.41, 5.74) is -5.13. The molecule has 0 spiro atoms. The fourth-order valence-corrected chi connectivity index (χ4v) is 7.48. The zero-order valence-electron chi connectivity index (χ0n) is 12.9. The third kappa shape index (κ3) is 11.1. The van der Waals surface area contributed by atoms with E-state index in [9.17, 15) is 39.5 Å². The van der Waals surface area contributed by atoms with Gasteiger partial charge in [0.15, 0.2) is 3.54 Å². The molecule has 0 aromatic carbocycles. The Morgan fingerprint density at radius 1 is 1.07 bits per heavy atom. The Bertz CT molecular complexity index is 480. The van der Waals surface area contributed by atoms with E-state index in [0.717, 1.165) is 0 Å². The van der Waals surface area contributed by atoms with Crippen LogP contribution in [0, 0.1) is 0 Å². The Kier molecular flexibility index (Phi) is 14.4. The normalized spacial score (nSPS) is 15.6. The number of rotatable bonds is 12. The Morgan fingerprint density at radius 3 is 2.04 bits per heavy atom. The second kappa shape index (κ2) is 13.7. The summed E-state index contributed by atoms with van der Waals surface area (Å²) >= 11 is 14.4. The smallest absolute Gasteiger partial charge is 0.274 e. The number of hydrogen-bond acceptors (Lipinski definition) is 6. The van der Waals surface area contributed by atoms with Crippen LogP contribution in [-0.2, 0) is 0 Å². The zero-order chi connectivity index (χ0) is 22.1. The molecule has 0 aromatic heterocycles. The summed E-state index contributed by atoms with van der Waals surface area (Å²) in [5.74, 6) is -6.99. The van der Waals surface area contributed by atoms with Gasteiger partial charge in [0.1, 0.15) is 18.1 Å². The van der Waals surface area contributed by atoms with E-state index in [0.29, 0.717) is 16.3 Å². The van der Waals surface area contributed by atoms with E-state index in [4.69, 9.17) is 35.6 Å². The summed E-state index contributed by atoms with van der Waals surface area (Å²) in [4.78, 5) is 0. The van der Waals surface area contributed by atoms with Crippen molar-refractivity contribution in [2.45, 2.75) is 25.9 Å². The van der Waals surface area contributed by atoms with Crippen LogP contribution in [-0.4, -0.2) is 57.6 Å². The minimum Gasteiger partial charge on any atom is -0.274 e. The molecule has 2 nitrogen and oxygen atoms in total. The molecular weight excluding hydrogens is 570 g/mol. The maximum absolute atomic E-state index is 13.0. The molecule has 0 saturated heterocycles. The van der Waals surface area contributed by atoms with Crippen molar-refractivity contribution in [2.24, 2.45) is 0 Å². The molecule has 0 radical (unpaired) electrons. The highest BCUT2D eigenvalue weighted by molar-refractivity contribution is 8.22. The van der Waals surface area contributed by atoms with E-state index < -0.39 is 73.0 Å². The van der Waals surface area contributed by atoms with Gasteiger partial charge in [-0.05, 0) is 35.9 Å². The number of thiocarbonyl (C=S) groups is 1. The van der Waals surface area contributed by atoms with Gasteiger partial charge < -0.3 is 0 Å². The second-order valence-corrected chi connectivity index (χ2v) is 11.6. The molecule has 0 aliphatic carbocycles. The van der Waals surface area contributed by atoms with Crippen LogP contribution in [0.1, 0.15) is 0 Å². The first-order valence-electron chi connectivity index (χ1n) is 6.29. The monoisotopic (exact) mass is 578 g/mol. The third-order valence-electron chi connectivity index (χ3n) is 2.05. The molecule has 0 amide bonds. The van der Waals surface area contributed by atoms with Crippen LogP contribution >= 0.6 is 94.8 Å². The van der Waals surface area contributed by atoms with Gasteiger partial charge in [-0.15, -0.1) is 0 Å². The van der Waals surface area contributed by atoms with Crippen LogP contribution in [0.3, 0.4) is 0 Å². The van der Waals surface area contributed by atoms with E-state index in [2.05, 4.69) is 0 Å². The largest absolute Gasteiger partial charge is 0.444 e. The topological polar surface area (TPSA) is 6.48 Å². The van der Waals surface area contributed by atoms with E-state index in [-0.39, 0.29) is 27.5 Å². The van der Waals surface area contributed by atoms with Crippen molar-refractivity contribution < 1.29 is 39.5 Å². The molecule has 0 aliphatic rings. The number of halogens is 11. The van der Waals surface area contributed by atoms with Gasteiger partial charge in [0.05, 0.1) is 0 Å². The lowest BCUT2D eigenvalue weighted by atomic mass is 10.7. The predicted octanol–water partition coefficient (Wildman–Crippen LogP) is 7.61. The molecule has 0 bridgehead atoms. The van der Waals surface area contributed by atoms with Crippen LogP contribution < -0.4 is 0 Å². The first kappa shape index (κ1) is 29.4. The average Bonchev–Trinajstić information content (AvgIpc) is 2.50. The van der Waals surface area contributed by atoms with Crippen molar-refractivity contribution in [2.75, 3.05) is 18.4 Å². The molecule has 0 aromatic rings. The lowest BCUT2D eigenvalue weighted by molar-refractivity contribution is -0.0332. The molecule has 0 aliphatic heterocycles. The predicted molar refractivity (Wildman–Crippen MR) is 107 cm³/mol. The average molecular weight is 579 g/mol. The molecule has 0 heterocycles. The van der Waals surface area contributed by atoms with Crippen molar-refractivity contribution in [3.8, 4) is 0 Å². The van der Waals surface area contributed by atoms with Gasteiger partial charge in [-0.25, -0.2) is 4.39 Å². The lowest BCUT2D eigenvalue weighted by Crippen LogP contribution is -2.47. The van der Waals surface area contributed by atoms with Crippen LogP contribution in [0.5, 0.6) is 0 Å². The fraction of sp³-hybridized carbons (Fsp3) is 0.889. The molecule has 19 heteroatoms. The van der Waals surface area contributed by atoms with Crippen molar-refractivity contribution >= 4 is 99.9 Å². The third-order valence-corrected chi connectivity index (χ3v) is 8.95. The van der Waals surface area contributed by atoms with Crippen molar-refractivity contribution in [1.29, 1.82) is 0 Å². The molecule has 168 valence electrons. The Balaban J connectivity index is 6.03. The molecule has 0 rings (SSSR count). The van der Waals surface area contributed by atoms with Gasteiger partial charge in [-0.1, -0.05) is 35.1 Å². The number of nitrogens with zero attached hydrogens (tertiary/aromatic N) is 2. The van der Waals surface area contributed by atoms with Gasteiger partial charge in [0.25, 0.3) is 5.76 Å². The van der Waals surface area contributed by atoms with Crippen LogP contribution in [0.4, 0.5) is 39.5 Å². The Labute approximate surface area is 191 Å². The highest BCUT2D eigenvalue weighted by Crippen LogP contribution is 2.58. The summed E-state index contributed by atoms with van der Waals surface area (Å²) < 4.78 is 113. The summed E-state index contributed by atoms with van der Waals surface area (Å²) in [6.45, 7) is -1.05. The van der Waals surface area contributed by atoms with Gasteiger partial charge in [-0.2, -0.15) is 34.6 Å². The number of thioether (sulfide) groups is 3. The Morgan fingerprint density at radius 2 is 1.64 bits per heavy atom. The standard InChI is InChI=1S/C9H9Cl2F9N2S6/c10-8(26-5(14)15,28-9(18,19)20)4(24-3-13)21(25-2-1-12)7(23)22(11)27-6(16)17/h4-6H,1-3H2. The summed E-state index contributed by atoms with van der Waals surface area (Å²) in [6, 6.07) is -1.40. The van der Waals surface area contributed by atoms with Crippen molar-refractivity contribution in [3.63, 3.8) is 0 Å². The fourth-order valence-electron chi connectivity index (χ4n) is 1.33. The molecule has 0 saturated carbocycles. The van der Waals surface area contributed by atoms with E-state index in [1.165, 1.54) is 0 Å². The summed E-state index contributed by atoms with van der Waals surface area (Å²) in [6.07, 6.45) is 0. The second-order valence-electron chi connectivity index (χ2n) is 3.88. The molecule has 2 unspecified atom stereocenters. The molecule has 28 heavy (non-hydrogen) atoms. The Hall–Kier alpha value is 1.39. The van der Waals surface area contributed by atoms with Crippen molar-refractivity contribution in [3.05, 3.63) is 0 Å². The minimum atomic E-state index is -5.13. The first-order chi connectivity index (χ1) is 12.8. The van der Waals surface area contributed by atoms with Crippen LogP contribution in [0.2, 0.25) is 0 Å². The molecule has 0 fully saturated rings. The maximum atomic E-state index is 13.0. The number of hydrogen-bond donors (Lipinski definition) is 0. The first-order valence-corrected chi connectivity index (χ1v) is 11.9. The van der Waals surface area contributed by atoms with Crippen LogP contribution in [0.15, 0.2) is 0 Å². The van der Waals surface area contributed by atoms with Crippen LogP contribution in [0.25, 0.3) is 0 Å². The van der Waals surface area contributed by atoms with Gasteiger partial charge in [0.2, 0.25) is 5.11 Å². The molecule has 2 atom stereocenters. The van der Waals surface area contributed by atoms with E-state index in [1.54, 1.807) is 0 Å². The maximum Gasteiger partial charge on any atom is 0.444 e. The zero-order valence-corrected chi connectivity index (χ0v) is 19.3. The van der Waals surface area contributed by atoms with E-state index >= 15 is 0 Å². The van der Waals surface area contributed by atoms with Gasteiger partial charge in [-0.3, -0.25) is 8.70 Å². The highest BCUT2D eigenvalue weighted by atomic mass is 35.5. The van der Waals surface area contributed by atoms with E-state index in [1.807, 2.05) is 0 Å². The lowest BCUT2D eigenvalue weighted by Gasteiger charge is -2.41.